The number of halogens is 1. The zero-order chi connectivity index (χ0) is 20.2. The molecule has 5 nitrogen and oxygen atoms in total. The Balaban J connectivity index is 1.45. The molecule has 0 radical (unpaired) electrons. The molecule has 1 aromatic heterocycles. The van der Waals surface area contributed by atoms with Crippen molar-refractivity contribution in [3.63, 3.8) is 0 Å². The minimum atomic E-state index is -0.0335. The first-order chi connectivity index (χ1) is 14.1. The minimum Gasteiger partial charge on any atom is -0.490 e. The predicted octanol–water partition coefficient (Wildman–Crippen LogP) is 4.79. The van der Waals surface area contributed by atoms with Crippen LogP contribution in [0.15, 0.2) is 60.8 Å². The molecule has 1 fully saturated rings. The Hall–Kier alpha value is -2.92. The van der Waals surface area contributed by atoms with Crippen molar-refractivity contribution in [2.24, 2.45) is 0 Å². The van der Waals surface area contributed by atoms with Crippen LogP contribution in [0, 0.1) is 6.92 Å². The zero-order valence-electron chi connectivity index (χ0n) is 16.2. The molecular weight excluding hydrogens is 386 g/mol. The first-order valence-electron chi connectivity index (χ1n) is 9.71. The van der Waals surface area contributed by atoms with Crippen molar-refractivity contribution >= 4 is 17.5 Å². The van der Waals surface area contributed by atoms with E-state index in [0.717, 1.165) is 24.2 Å². The van der Waals surface area contributed by atoms with Gasteiger partial charge in [0, 0.05) is 42.7 Å². The van der Waals surface area contributed by atoms with Crippen LogP contribution in [-0.2, 0) is 0 Å². The first kappa shape index (κ1) is 19.4. The van der Waals surface area contributed by atoms with Gasteiger partial charge in [0.05, 0.1) is 11.3 Å². The van der Waals surface area contributed by atoms with Crippen molar-refractivity contribution in [2.45, 2.75) is 25.9 Å². The number of rotatable bonds is 4. The van der Waals surface area contributed by atoms with Gasteiger partial charge in [0.1, 0.15) is 17.7 Å². The summed E-state index contributed by atoms with van der Waals surface area (Å²) in [6.07, 6.45) is 3.29. The fourth-order valence-electron chi connectivity index (χ4n) is 3.50. The third-order valence-electron chi connectivity index (χ3n) is 5.03. The number of carbonyl (C=O) groups is 1. The second-order valence-corrected chi connectivity index (χ2v) is 7.55. The lowest BCUT2D eigenvalue weighted by atomic mass is 10.0. The third kappa shape index (κ3) is 4.57. The highest BCUT2D eigenvalue weighted by Crippen LogP contribution is 2.25. The summed E-state index contributed by atoms with van der Waals surface area (Å²) in [5.41, 5.74) is 2.14. The number of nitrogens with zero attached hydrogens (tertiary/aromatic N) is 3. The molecule has 29 heavy (non-hydrogen) atoms. The van der Waals surface area contributed by atoms with Crippen molar-refractivity contribution in [2.75, 3.05) is 13.1 Å². The Bertz CT molecular complexity index is 985. The van der Waals surface area contributed by atoms with Gasteiger partial charge in [0.15, 0.2) is 0 Å². The molecule has 1 aliphatic heterocycles. The van der Waals surface area contributed by atoms with Gasteiger partial charge in [-0.05, 0) is 31.2 Å². The van der Waals surface area contributed by atoms with Crippen molar-refractivity contribution in [3.8, 4) is 17.0 Å². The Morgan fingerprint density at radius 2 is 1.76 bits per heavy atom. The molecule has 6 heteroatoms. The molecule has 0 saturated carbocycles. The van der Waals surface area contributed by atoms with E-state index in [4.69, 9.17) is 16.3 Å². The van der Waals surface area contributed by atoms with E-state index >= 15 is 0 Å². The smallest absolute Gasteiger partial charge is 0.257 e. The van der Waals surface area contributed by atoms with Gasteiger partial charge in [0.2, 0.25) is 0 Å². The lowest BCUT2D eigenvalue weighted by molar-refractivity contribution is 0.0595. The monoisotopic (exact) mass is 407 g/mol. The van der Waals surface area contributed by atoms with Crippen LogP contribution in [0.4, 0.5) is 0 Å². The molecular formula is C23H22ClN3O2. The highest BCUT2D eigenvalue weighted by atomic mass is 35.5. The van der Waals surface area contributed by atoms with Gasteiger partial charge in [-0.1, -0.05) is 41.9 Å². The van der Waals surface area contributed by atoms with Crippen LogP contribution in [0.3, 0.4) is 0 Å². The van der Waals surface area contributed by atoms with Crippen LogP contribution in [0.1, 0.15) is 29.0 Å². The van der Waals surface area contributed by atoms with E-state index in [0.29, 0.717) is 35.2 Å². The molecule has 1 aliphatic rings. The van der Waals surface area contributed by atoms with Crippen LogP contribution in [0.25, 0.3) is 11.3 Å². The van der Waals surface area contributed by atoms with Gasteiger partial charge in [-0.15, -0.1) is 0 Å². The molecule has 3 aromatic rings. The number of ether oxygens (including phenoxy) is 1. The largest absolute Gasteiger partial charge is 0.490 e. The highest BCUT2D eigenvalue weighted by Gasteiger charge is 2.27. The van der Waals surface area contributed by atoms with Gasteiger partial charge >= 0.3 is 0 Å². The summed E-state index contributed by atoms with van der Waals surface area (Å²) < 4.78 is 6.03. The molecule has 0 unspecified atom stereocenters. The Labute approximate surface area is 175 Å². The predicted molar refractivity (Wildman–Crippen MR) is 113 cm³/mol. The molecule has 148 valence electrons. The molecule has 2 heterocycles. The number of piperidine rings is 1. The number of aromatic nitrogens is 2. The second-order valence-electron chi connectivity index (χ2n) is 7.11. The maximum atomic E-state index is 13.2. The van der Waals surface area contributed by atoms with Gasteiger partial charge in [-0.3, -0.25) is 4.79 Å². The molecule has 0 spiro atoms. The summed E-state index contributed by atoms with van der Waals surface area (Å²) >= 11 is 5.92. The number of hydrogen-bond donors (Lipinski definition) is 0. The molecule has 1 saturated heterocycles. The zero-order valence-corrected chi connectivity index (χ0v) is 17.0. The van der Waals surface area contributed by atoms with Gasteiger partial charge in [-0.2, -0.15) is 0 Å². The van der Waals surface area contributed by atoms with E-state index in [9.17, 15) is 4.79 Å². The van der Waals surface area contributed by atoms with Crippen LogP contribution in [0.2, 0.25) is 5.02 Å². The number of amides is 1. The van der Waals surface area contributed by atoms with Crippen molar-refractivity contribution < 1.29 is 9.53 Å². The summed E-state index contributed by atoms with van der Waals surface area (Å²) in [7, 11) is 0. The normalized spacial score (nSPS) is 14.6. The lowest BCUT2D eigenvalue weighted by Gasteiger charge is -2.32. The van der Waals surface area contributed by atoms with E-state index in [1.165, 1.54) is 0 Å². The number of likely N-dealkylation sites (tertiary alicyclic amines) is 1. The van der Waals surface area contributed by atoms with Crippen LogP contribution in [-0.4, -0.2) is 40.0 Å². The average molecular weight is 408 g/mol. The van der Waals surface area contributed by atoms with E-state index in [1.54, 1.807) is 6.20 Å². The maximum absolute atomic E-state index is 13.2. The molecule has 1 amide bonds. The van der Waals surface area contributed by atoms with Gasteiger partial charge in [-0.25, -0.2) is 9.97 Å². The Morgan fingerprint density at radius 1 is 1.07 bits per heavy atom. The summed E-state index contributed by atoms with van der Waals surface area (Å²) in [5.74, 6) is 1.42. The average Bonchev–Trinajstić information content (AvgIpc) is 2.76. The van der Waals surface area contributed by atoms with Crippen molar-refractivity contribution in [3.05, 3.63) is 77.2 Å². The summed E-state index contributed by atoms with van der Waals surface area (Å²) in [5, 5.41) is 0.687. The van der Waals surface area contributed by atoms with E-state index in [1.807, 2.05) is 66.4 Å². The number of benzene rings is 2. The molecule has 0 N–H and O–H groups in total. The molecule has 0 aliphatic carbocycles. The van der Waals surface area contributed by atoms with Crippen LogP contribution < -0.4 is 4.74 Å². The van der Waals surface area contributed by atoms with Crippen LogP contribution in [0.5, 0.6) is 5.75 Å². The second kappa shape index (κ2) is 8.62. The van der Waals surface area contributed by atoms with Crippen molar-refractivity contribution in [1.29, 1.82) is 0 Å². The molecule has 2 aromatic carbocycles. The van der Waals surface area contributed by atoms with Crippen molar-refractivity contribution in [1.82, 2.24) is 14.9 Å². The van der Waals surface area contributed by atoms with E-state index in [2.05, 4.69) is 9.97 Å². The maximum Gasteiger partial charge on any atom is 0.257 e. The fraction of sp³-hybridized carbons (Fsp3) is 0.261. The van der Waals surface area contributed by atoms with E-state index < -0.39 is 0 Å². The summed E-state index contributed by atoms with van der Waals surface area (Å²) in [6.45, 7) is 3.11. The van der Waals surface area contributed by atoms with Crippen LogP contribution >= 0.6 is 11.6 Å². The van der Waals surface area contributed by atoms with Gasteiger partial charge in [0.25, 0.3) is 5.91 Å². The van der Waals surface area contributed by atoms with Gasteiger partial charge < -0.3 is 9.64 Å². The Morgan fingerprint density at radius 3 is 2.45 bits per heavy atom. The number of carbonyl (C=O) groups excluding carboxylic acids is 1. The topological polar surface area (TPSA) is 55.3 Å². The summed E-state index contributed by atoms with van der Waals surface area (Å²) in [4.78, 5) is 23.9. The molecule has 4 rings (SSSR count). The fourth-order valence-corrected chi connectivity index (χ4v) is 3.62. The standard InChI is InChI=1S/C23H22ClN3O2/c1-16-25-15-21(22(26-16)17-5-3-2-4-6-17)23(28)27-13-11-20(12-14-27)29-19-9-7-18(24)8-10-19/h2-10,15,20H,11-14H2,1H3. The number of hydrogen-bond acceptors (Lipinski definition) is 4. The SMILES string of the molecule is Cc1ncc(C(=O)N2CCC(Oc3ccc(Cl)cc3)CC2)c(-c2ccccc2)n1. The Kier molecular flexibility index (Phi) is 5.76. The first-order valence-corrected chi connectivity index (χ1v) is 10.1. The number of aryl methyl sites for hydroxylation is 1. The third-order valence-corrected chi connectivity index (χ3v) is 5.28. The quantitative estimate of drug-likeness (QED) is 0.624. The molecule has 0 atom stereocenters. The minimum absolute atomic E-state index is 0.0335. The molecule has 0 bridgehead atoms. The van der Waals surface area contributed by atoms with E-state index in [-0.39, 0.29) is 12.0 Å². The lowest BCUT2D eigenvalue weighted by Crippen LogP contribution is -2.42. The summed E-state index contributed by atoms with van der Waals surface area (Å²) in [6, 6.07) is 17.1. The highest BCUT2D eigenvalue weighted by molar-refractivity contribution is 6.30.